The number of alkyl halides is 3. The number of rotatable bonds is 23. The molecule has 5 fully saturated rings. The van der Waals surface area contributed by atoms with Crippen molar-refractivity contribution in [2.24, 2.45) is 0 Å². The number of Topliss-reactive ketones (excluding diaryl/α,β-unsaturated/α-hetero) is 6. The Morgan fingerprint density at radius 1 is 0.425 bits per heavy atom. The molecule has 1 aromatic heterocycles. The molecule has 36 heteroatoms. The average Bonchev–Trinajstić information content (AvgIpc) is 1.64. The van der Waals surface area contributed by atoms with Crippen LogP contribution >= 0.6 is 0 Å². The van der Waals surface area contributed by atoms with Gasteiger partial charge in [0.05, 0.1) is 89.9 Å². The van der Waals surface area contributed by atoms with Crippen LogP contribution in [0, 0.1) is 0 Å². The van der Waals surface area contributed by atoms with Crippen LogP contribution in [0.2, 0.25) is 0 Å². The minimum atomic E-state index is -4.56. The van der Waals surface area contributed by atoms with Crippen molar-refractivity contribution in [3.05, 3.63) is 300 Å². The van der Waals surface area contributed by atoms with Gasteiger partial charge in [0, 0.05) is 116 Å². The van der Waals surface area contributed by atoms with Crippen molar-refractivity contribution in [2.45, 2.75) is 226 Å². The zero-order chi connectivity index (χ0) is 103. The van der Waals surface area contributed by atoms with Gasteiger partial charge in [0.15, 0.2) is 17.3 Å². The lowest BCUT2D eigenvalue weighted by Gasteiger charge is -2.29. The molecule has 0 radical (unpaired) electrons. The molecule has 2 N–H and O–H groups in total. The third-order valence-electron chi connectivity index (χ3n) is 27.2. The summed E-state index contributed by atoms with van der Waals surface area (Å²) in [6.45, 7) is 15.5. The van der Waals surface area contributed by atoms with E-state index in [9.17, 15) is 75.5 Å². The molecule has 0 bridgehead atoms. The number of halogens is 3. The summed E-state index contributed by atoms with van der Waals surface area (Å²) in [5, 5.41) is 12.8. The number of carbonyl (C=O) groups excluding carboxylic acids is 13. The Morgan fingerprint density at radius 2 is 0.801 bits per heavy atom. The number of nitrogens with zero attached hydrogens (tertiary/aromatic N) is 10. The molecule has 9 heterocycles. The van der Waals surface area contributed by atoms with Crippen molar-refractivity contribution in [1.82, 2.24) is 54.4 Å². The van der Waals surface area contributed by atoms with Crippen LogP contribution in [0.5, 0.6) is 28.7 Å². The minimum Gasteiger partial charge on any atom is -0.489 e. The Balaban J connectivity index is 0.000000132. The Bertz CT molecular complexity index is 6660. The fourth-order valence-corrected chi connectivity index (χ4v) is 19.6. The van der Waals surface area contributed by atoms with Gasteiger partial charge in [-0.15, -0.1) is 5.10 Å². The van der Waals surface area contributed by atoms with Gasteiger partial charge in [-0.2, -0.15) is 13.2 Å². The molecule has 4 atom stereocenters. The Kier molecular flexibility index (Phi) is 31.6. The second-order valence-electron chi connectivity index (χ2n) is 38.5. The van der Waals surface area contributed by atoms with Gasteiger partial charge in [-0.1, -0.05) is 133 Å². The largest absolute Gasteiger partial charge is 0.489 e. The molecule has 8 aliphatic heterocycles. The van der Waals surface area contributed by atoms with E-state index in [-0.39, 0.29) is 129 Å². The third-order valence-corrected chi connectivity index (χ3v) is 27.2. The highest BCUT2D eigenvalue weighted by molar-refractivity contribution is 6.11. The lowest BCUT2D eigenvalue weighted by molar-refractivity contribution is -0.145. The maximum atomic E-state index is 13.0. The summed E-state index contributed by atoms with van der Waals surface area (Å²) in [6, 6.07) is 59.1. The van der Waals surface area contributed by atoms with Crippen LogP contribution in [0.3, 0.4) is 0 Å². The standard InChI is InChI=1S/C28H26F3N5O4.C28H30N2O6.C27H24N2O5.C26H28N2O5.CH2O2/c29-28(30,31)27-32-25-15-34(10-11-36(25)33-27)13-17-4-6-18(7-5-17)16-40-24-3-1-2-20-21(24)14-35(26(20)39)22-9-8-19(37)12-23(22)38;1-28(2,3)36-27(34)29-13-18-8-7-17(11-19(18)14-29)16-35-25-6-4-5-21-22(25)15-30(26(21)33)23-10-9-20(31)12-24(23)32;30-25-14-13-23(26(31)28-25)29-15-22-21(27(29)32)7-4-8-24(22)34-17-19-11-9-18(10-12-19)16-33-20-5-2-1-3-6-20;29-20-8-9-23(24(30)14-20)28-16-22-21(26(28)31)2-1-3-25(22)33-17-19-6-4-18(5-7-19)15-27-10-12-32-13-11-27;2-1-3/h1-7,22H,8-16H2;4-8,11,23H,9-10,12-16H2,1-3H3;1-12,23H,13-17H2,(H,28,30,31);1-7,23H,8-17H2;1H,(H,2,3)/t22-;;;;/m0..../s1. The number of ether oxygens (including phenoxy) is 7. The lowest BCUT2D eigenvalue weighted by atomic mass is 9.92. The number of nitrogens with one attached hydrogen (secondary N) is 1. The van der Waals surface area contributed by atoms with Crippen LogP contribution in [0.25, 0.3) is 0 Å². The summed E-state index contributed by atoms with van der Waals surface area (Å²) in [7, 11) is 0. The Labute approximate surface area is 839 Å². The van der Waals surface area contributed by atoms with Gasteiger partial charge in [-0.3, -0.25) is 82.3 Å². The zero-order valence-corrected chi connectivity index (χ0v) is 80.9. The lowest BCUT2D eigenvalue weighted by Crippen LogP contribution is -2.52. The number of hydrogen-bond donors (Lipinski definition) is 2. The molecule has 10 aromatic rings. The number of para-hydroxylation sites is 1. The van der Waals surface area contributed by atoms with E-state index in [0.29, 0.717) is 168 Å². The Morgan fingerprint density at radius 3 is 1.21 bits per heavy atom. The predicted molar refractivity (Wildman–Crippen MR) is 518 cm³/mol. The van der Waals surface area contributed by atoms with Crippen molar-refractivity contribution >= 4 is 82.7 Å². The van der Waals surface area contributed by atoms with Crippen molar-refractivity contribution < 1.29 is 119 Å². The van der Waals surface area contributed by atoms with Crippen LogP contribution in [0.1, 0.15) is 217 Å². The molecular formula is C110H110F3N11O22. The molecule has 3 unspecified atom stereocenters. The second kappa shape index (κ2) is 45.2. The maximum absolute atomic E-state index is 13.0. The molecule has 758 valence electrons. The summed E-state index contributed by atoms with van der Waals surface area (Å²) < 4.78 is 81.2. The van der Waals surface area contributed by atoms with Crippen molar-refractivity contribution in [3.8, 4) is 28.7 Å². The summed E-state index contributed by atoms with van der Waals surface area (Å²) in [4.78, 5) is 185. The molecular weight excluding hydrogens is 1880 g/mol. The number of aromatic nitrogens is 3. The first-order chi connectivity index (χ1) is 70.3. The second-order valence-corrected chi connectivity index (χ2v) is 38.5. The number of carboxylic acid groups (broad SMARTS) is 1. The smallest absolute Gasteiger partial charge is 0.453 e. The van der Waals surface area contributed by atoms with Crippen LogP contribution in [-0.2, 0) is 157 Å². The molecule has 3 aliphatic carbocycles. The Hall–Kier alpha value is -15.4. The normalized spacial score (nSPS) is 19.1. The first kappa shape index (κ1) is 102. The molecule has 21 rings (SSSR count). The summed E-state index contributed by atoms with van der Waals surface area (Å²) in [6.07, 6.45) is -2.51. The number of imide groups is 1. The minimum absolute atomic E-state index is 0.0413. The quantitative estimate of drug-likeness (QED) is 0.0341. The highest BCUT2D eigenvalue weighted by atomic mass is 19.4. The van der Waals surface area contributed by atoms with E-state index in [1.807, 2.05) is 147 Å². The van der Waals surface area contributed by atoms with E-state index in [0.717, 1.165) is 105 Å². The van der Waals surface area contributed by atoms with E-state index in [1.54, 1.807) is 68.1 Å². The van der Waals surface area contributed by atoms with Gasteiger partial charge in [-0.05, 0) is 157 Å². The van der Waals surface area contributed by atoms with Gasteiger partial charge in [0.1, 0.15) is 96.6 Å². The SMILES string of the molecule is CC(C)(C)OC(=O)N1Cc2ccc(COc3cccc4c3CN(C3CCC(=O)CC3=O)C4=O)cc2C1.O=C1CCC(N2Cc3c(OCc4ccc(CN5CCOCC5)cc4)cccc3C2=O)C(=O)C1.O=C1CCC(N2Cc3c(OCc4ccc(COc5ccccc5)cc4)cccc3C2=O)C(=O)N1.O=C1CC[C@H](N2Cc3c(OCc4ccc(CN5CCn6nc(C(F)(F)F)nc6C5)cc4)cccc3C2=O)C(=O)C1.O=CO. The van der Waals surface area contributed by atoms with Gasteiger partial charge in [0.25, 0.3) is 35.9 Å². The van der Waals surface area contributed by atoms with Crippen LogP contribution in [0.15, 0.2) is 194 Å². The summed E-state index contributed by atoms with van der Waals surface area (Å²) in [5.74, 6) is 0.262. The summed E-state index contributed by atoms with van der Waals surface area (Å²) >= 11 is 0. The molecule has 9 aromatic carbocycles. The monoisotopic (exact) mass is 1990 g/mol. The predicted octanol–water partition coefficient (Wildman–Crippen LogP) is 13.8. The van der Waals surface area contributed by atoms with E-state index in [2.05, 4.69) is 44.6 Å². The number of ketones is 6. The van der Waals surface area contributed by atoms with Crippen LogP contribution in [0.4, 0.5) is 18.0 Å². The van der Waals surface area contributed by atoms with Crippen molar-refractivity contribution in [1.29, 1.82) is 0 Å². The number of hydrogen-bond acceptors (Lipinski definition) is 25. The van der Waals surface area contributed by atoms with Gasteiger partial charge >= 0.3 is 12.3 Å². The molecule has 33 nitrogen and oxygen atoms in total. The first-order valence-electron chi connectivity index (χ1n) is 48.6. The van der Waals surface area contributed by atoms with Gasteiger partial charge in [0.2, 0.25) is 11.8 Å². The van der Waals surface area contributed by atoms with E-state index in [1.165, 1.54) is 15.1 Å². The number of morpholine rings is 1. The number of carbonyl (C=O) groups is 14. The van der Waals surface area contributed by atoms with E-state index in [4.69, 9.17) is 43.1 Å². The number of fused-ring (bicyclic) bond motifs is 6. The highest BCUT2D eigenvalue weighted by Gasteiger charge is 2.46. The van der Waals surface area contributed by atoms with Crippen molar-refractivity contribution in [3.63, 3.8) is 0 Å². The molecule has 0 spiro atoms. The highest BCUT2D eigenvalue weighted by Crippen LogP contribution is 2.42. The van der Waals surface area contributed by atoms with E-state index >= 15 is 0 Å². The first-order valence-corrected chi connectivity index (χ1v) is 48.6. The van der Waals surface area contributed by atoms with Gasteiger partial charge < -0.3 is 57.9 Å². The fourth-order valence-electron chi connectivity index (χ4n) is 19.6. The average molecular weight is 2000 g/mol. The number of benzene rings is 9. The van der Waals surface area contributed by atoms with Crippen molar-refractivity contribution in [2.75, 3.05) is 32.8 Å². The van der Waals surface area contributed by atoms with Crippen LogP contribution < -0.4 is 29.0 Å². The number of piperidine rings is 1. The molecule has 7 amide bonds. The molecule has 146 heavy (non-hydrogen) atoms. The fraction of sp³-hybridized carbons (Fsp3) is 0.364. The number of amides is 7. The maximum Gasteiger partial charge on any atom is 0.453 e. The zero-order valence-electron chi connectivity index (χ0n) is 80.9. The molecule has 3 saturated carbocycles. The summed E-state index contributed by atoms with van der Waals surface area (Å²) in [5.41, 5.74) is 14.1. The van der Waals surface area contributed by atoms with Gasteiger partial charge in [-0.25, -0.2) is 14.5 Å². The molecule has 11 aliphatic rings. The topological polar surface area (TPSA) is 389 Å². The van der Waals surface area contributed by atoms with E-state index < -0.39 is 47.7 Å². The third kappa shape index (κ3) is 24.4. The van der Waals surface area contributed by atoms with Crippen LogP contribution in [-0.4, -0.2) is 199 Å². The molecule has 2 saturated heterocycles.